The highest BCUT2D eigenvalue weighted by Gasteiger charge is 2.39. The molecule has 1 rings (SSSR count). The highest BCUT2D eigenvalue weighted by molar-refractivity contribution is 5.82. The lowest BCUT2D eigenvalue weighted by molar-refractivity contribution is -0.154. The van der Waals surface area contributed by atoms with Crippen LogP contribution in [-0.4, -0.2) is 22.2 Å². The molecule has 4 heteroatoms. The first-order valence-electron chi connectivity index (χ1n) is 4.81. The molecular weight excluding hydrogens is 196 g/mol. The Morgan fingerprint density at radius 1 is 1.40 bits per heavy atom. The van der Waals surface area contributed by atoms with Crippen LogP contribution in [0.2, 0.25) is 0 Å². The molecule has 1 aliphatic carbocycles. The van der Waals surface area contributed by atoms with Crippen molar-refractivity contribution in [2.75, 3.05) is 0 Å². The second kappa shape index (κ2) is 4.77. The van der Waals surface area contributed by atoms with Gasteiger partial charge < -0.3 is 10.2 Å². The van der Waals surface area contributed by atoms with Crippen LogP contribution in [-0.2, 0) is 9.59 Å². The average molecular weight is 210 g/mol. The van der Waals surface area contributed by atoms with Crippen LogP contribution in [0.1, 0.15) is 12.8 Å². The molecule has 0 aromatic rings. The molecule has 0 saturated heterocycles. The first kappa shape index (κ1) is 11.5. The van der Waals surface area contributed by atoms with Gasteiger partial charge in [0, 0.05) is 0 Å². The van der Waals surface area contributed by atoms with Crippen molar-refractivity contribution in [3.05, 3.63) is 24.8 Å². The summed E-state index contributed by atoms with van der Waals surface area (Å²) in [7, 11) is 0. The monoisotopic (exact) mass is 210 g/mol. The molecule has 3 atom stereocenters. The van der Waals surface area contributed by atoms with Gasteiger partial charge in [-0.3, -0.25) is 9.59 Å². The van der Waals surface area contributed by atoms with Crippen molar-refractivity contribution in [1.29, 1.82) is 0 Å². The maximum atomic E-state index is 11.0. The molecule has 4 nitrogen and oxygen atoms in total. The highest BCUT2D eigenvalue weighted by Crippen LogP contribution is 2.33. The van der Waals surface area contributed by atoms with Crippen molar-refractivity contribution < 1.29 is 19.8 Å². The number of carboxylic acid groups (broad SMARTS) is 2. The Labute approximate surface area is 87.9 Å². The summed E-state index contributed by atoms with van der Waals surface area (Å²) in [6, 6.07) is 0. The third-order valence-corrected chi connectivity index (χ3v) is 2.72. The number of allylic oxidation sites excluding steroid dienone is 2. The minimum Gasteiger partial charge on any atom is -0.481 e. The Morgan fingerprint density at radius 2 is 2.07 bits per heavy atom. The van der Waals surface area contributed by atoms with E-state index < -0.39 is 23.8 Å². The maximum Gasteiger partial charge on any atom is 0.311 e. The van der Waals surface area contributed by atoms with Crippen molar-refractivity contribution in [2.24, 2.45) is 17.8 Å². The maximum absolute atomic E-state index is 11.0. The first-order chi connectivity index (χ1) is 7.07. The van der Waals surface area contributed by atoms with Gasteiger partial charge in [0.15, 0.2) is 0 Å². The van der Waals surface area contributed by atoms with Crippen LogP contribution in [0, 0.1) is 17.8 Å². The van der Waals surface area contributed by atoms with Crippen LogP contribution < -0.4 is 0 Å². The van der Waals surface area contributed by atoms with Gasteiger partial charge in [-0.05, 0) is 18.8 Å². The molecule has 82 valence electrons. The summed E-state index contributed by atoms with van der Waals surface area (Å²) < 4.78 is 0. The molecule has 0 fully saturated rings. The van der Waals surface area contributed by atoms with Gasteiger partial charge in [0.1, 0.15) is 0 Å². The third-order valence-electron chi connectivity index (χ3n) is 2.72. The van der Waals surface area contributed by atoms with E-state index in [1.807, 2.05) is 0 Å². The lowest BCUT2D eigenvalue weighted by Crippen LogP contribution is -2.36. The number of carboxylic acids is 2. The van der Waals surface area contributed by atoms with Crippen LogP contribution in [0.15, 0.2) is 24.8 Å². The minimum absolute atomic E-state index is 0.161. The van der Waals surface area contributed by atoms with E-state index in [1.54, 1.807) is 12.2 Å². The molecule has 0 spiro atoms. The van der Waals surface area contributed by atoms with Crippen molar-refractivity contribution >= 4 is 11.9 Å². The van der Waals surface area contributed by atoms with Crippen molar-refractivity contribution in [3.63, 3.8) is 0 Å². The van der Waals surface area contributed by atoms with E-state index in [-0.39, 0.29) is 5.92 Å². The van der Waals surface area contributed by atoms with Crippen molar-refractivity contribution in [2.45, 2.75) is 12.8 Å². The Morgan fingerprint density at radius 3 is 2.53 bits per heavy atom. The van der Waals surface area contributed by atoms with E-state index in [1.165, 1.54) is 6.08 Å². The molecule has 0 bridgehead atoms. The lowest BCUT2D eigenvalue weighted by Gasteiger charge is -2.28. The molecule has 0 aromatic heterocycles. The summed E-state index contributed by atoms with van der Waals surface area (Å²) >= 11 is 0. The van der Waals surface area contributed by atoms with Gasteiger partial charge in [0.05, 0.1) is 11.8 Å². The van der Waals surface area contributed by atoms with Crippen LogP contribution in [0.5, 0.6) is 0 Å². The number of hydrogen-bond donors (Lipinski definition) is 2. The molecule has 2 N–H and O–H groups in total. The number of hydrogen-bond acceptors (Lipinski definition) is 2. The molecule has 0 radical (unpaired) electrons. The Bertz CT molecular complexity index is 306. The Hall–Kier alpha value is -1.58. The van der Waals surface area contributed by atoms with Crippen LogP contribution in [0.25, 0.3) is 0 Å². The lowest BCUT2D eigenvalue weighted by atomic mass is 9.74. The zero-order chi connectivity index (χ0) is 11.4. The first-order valence-corrected chi connectivity index (χ1v) is 4.81. The normalized spacial score (nSPS) is 29.7. The summed E-state index contributed by atoms with van der Waals surface area (Å²) in [4.78, 5) is 21.9. The van der Waals surface area contributed by atoms with Crippen molar-refractivity contribution in [1.82, 2.24) is 0 Å². The smallest absolute Gasteiger partial charge is 0.311 e. The zero-order valence-electron chi connectivity index (χ0n) is 8.30. The van der Waals surface area contributed by atoms with E-state index in [4.69, 9.17) is 10.2 Å². The molecule has 0 saturated carbocycles. The quantitative estimate of drug-likeness (QED) is 0.690. The van der Waals surface area contributed by atoms with Gasteiger partial charge in [0.25, 0.3) is 0 Å². The average Bonchev–Trinajstić information content (AvgIpc) is 2.17. The standard InChI is InChI=1S/C11H14O4/c1-2-4-7-5-3-6-8(10(12)13)9(7)11(14)15/h2-3,6-9H,1,4-5H2,(H,12,13)(H,14,15). The van der Waals surface area contributed by atoms with Crippen LogP contribution in [0.3, 0.4) is 0 Å². The molecule has 0 heterocycles. The predicted octanol–water partition coefficient (Wildman–Crippen LogP) is 1.54. The highest BCUT2D eigenvalue weighted by atomic mass is 16.4. The van der Waals surface area contributed by atoms with Crippen molar-refractivity contribution in [3.8, 4) is 0 Å². The fourth-order valence-electron chi connectivity index (χ4n) is 2.01. The van der Waals surface area contributed by atoms with E-state index >= 15 is 0 Å². The Kier molecular flexibility index (Phi) is 3.66. The largest absolute Gasteiger partial charge is 0.481 e. The molecule has 3 unspecified atom stereocenters. The van der Waals surface area contributed by atoms with Gasteiger partial charge >= 0.3 is 11.9 Å². The molecule has 1 aliphatic rings. The van der Waals surface area contributed by atoms with Gasteiger partial charge in [-0.1, -0.05) is 18.2 Å². The number of carbonyl (C=O) groups is 2. The van der Waals surface area contributed by atoms with Gasteiger partial charge in [-0.15, -0.1) is 6.58 Å². The number of rotatable bonds is 4. The van der Waals surface area contributed by atoms with Crippen LogP contribution in [0.4, 0.5) is 0 Å². The van der Waals surface area contributed by atoms with Crippen LogP contribution >= 0.6 is 0 Å². The fourth-order valence-corrected chi connectivity index (χ4v) is 2.01. The Balaban J connectivity index is 2.93. The molecular formula is C11H14O4. The second-order valence-corrected chi connectivity index (χ2v) is 3.68. The summed E-state index contributed by atoms with van der Waals surface area (Å²) in [5, 5.41) is 17.9. The molecule has 0 aromatic carbocycles. The fraction of sp³-hybridized carbons (Fsp3) is 0.455. The summed E-state index contributed by atoms with van der Waals surface area (Å²) in [5.74, 6) is -4.04. The van der Waals surface area contributed by atoms with E-state index in [0.717, 1.165) is 0 Å². The summed E-state index contributed by atoms with van der Waals surface area (Å²) in [5.41, 5.74) is 0. The minimum atomic E-state index is -1.08. The SMILES string of the molecule is C=CCC1CC=CC(C(=O)O)C1C(=O)O. The molecule has 0 amide bonds. The van der Waals surface area contributed by atoms with Gasteiger partial charge in [-0.2, -0.15) is 0 Å². The predicted molar refractivity (Wildman–Crippen MR) is 54.3 cm³/mol. The number of aliphatic carboxylic acids is 2. The molecule has 0 aliphatic heterocycles. The molecule has 15 heavy (non-hydrogen) atoms. The van der Waals surface area contributed by atoms with E-state index in [2.05, 4.69) is 6.58 Å². The van der Waals surface area contributed by atoms with E-state index in [0.29, 0.717) is 12.8 Å². The summed E-state index contributed by atoms with van der Waals surface area (Å²) in [6.07, 6.45) is 5.99. The third kappa shape index (κ3) is 2.46. The van der Waals surface area contributed by atoms with E-state index in [9.17, 15) is 9.59 Å². The van der Waals surface area contributed by atoms with Gasteiger partial charge in [0.2, 0.25) is 0 Å². The topological polar surface area (TPSA) is 74.6 Å². The van der Waals surface area contributed by atoms with Gasteiger partial charge in [-0.25, -0.2) is 0 Å². The zero-order valence-corrected chi connectivity index (χ0v) is 8.30. The second-order valence-electron chi connectivity index (χ2n) is 3.68. The summed E-state index contributed by atoms with van der Waals surface area (Å²) in [6.45, 7) is 3.55.